The van der Waals surface area contributed by atoms with Crippen molar-refractivity contribution in [3.05, 3.63) is 83.4 Å². The van der Waals surface area contributed by atoms with Crippen molar-refractivity contribution in [1.82, 2.24) is 0 Å². The second-order valence-corrected chi connectivity index (χ2v) is 15.8. The van der Waals surface area contributed by atoms with Gasteiger partial charge in [0.25, 0.3) is 0 Å². The zero-order chi connectivity index (χ0) is 31.8. The lowest BCUT2D eigenvalue weighted by atomic mass is 9.46. The Morgan fingerprint density at radius 3 is 2.07 bits per heavy atom. The molecule has 0 amide bonds. The summed E-state index contributed by atoms with van der Waals surface area (Å²) in [6, 6.07) is 18.8. The highest BCUT2D eigenvalue weighted by molar-refractivity contribution is 5.90. The summed E-state index contributed by atoms with van der Waals surface area (Å²) >= 11 is 0. The van der Waals surface area contributed by atoms with Crippen LogP contribution in [0, 0.1) is 46.3 Å². The van der Waals surface area contributed by atoms with Gasteiger partial charge in [-0.15, -0.1) is 0 Å². The van der Waals surface area contributed by atoms with E-state index < -0.39 is 0 Å². The Morgan fingerprint density at radius 1 is 0.778 bits per heavy atom. The molecule has 0 radical (unpaired) electrons. The third-order valence-corrected chi connectivity index (χ3v) is 12.8. The lowest BCUT2D eigenvalue weighted by Gasteiger charge is -2.59. The molecule has 0 bridgehead atoms. The first-order valence-corrected chi connectivity index (χ1v) is 17.8. The summed E-state index contributed by atoms with van der Waals surface area (Å²) < 4.78 is 12.6. The van der Waals surface area contributed by atoms with E-state index in [-0.39, 0.29) is 35.0 Å². The molecule has 0 saturated heterocycles. The van der Waals surface area contributed by atoms with Gasteiger partial charge < -0.3 is 9.47 Å². The summed E-state index contributed by atoms with van der Waals surface area (Å²) in [5, 5.41) is 0. The van der Waals surface area contributed by atoms with E-state index in [9.17, 15) is 9.59 Å². The Kier molecular flexibility index (Phi) is 9.33. The minimum atomic E-state index is -0.256. The van der Waals surface area contributed by atoms with E-state index in [4.69, 9.17) is 9.47 Å². The molecule has 3 saturated carbocycles. The Hall–Kier alpha value is -2.88. The molecule has 2 aromatic carbocycles. The van der Waals surface area contributed by atoms with Gasteiger partial charge in [0.1, 0.15) is 12.2 Å². The fraction of sp³-hybridized carbons (Fsp3) is 0.610. The maximum atomic E-state index is 13.6. The van der Waals surface area contributed by atoms with Crippen molar-refractivity contribution in [3.8, 4) is 0 Å². The van der Waals surface area contributed by atoms with Gasteiger partial charge in [0.15, 0.2) is 0 Å². The molecule has 45 heavy (non-hydrogen) atoms. The first-order chi connectivity index (χ1) is 21.6. The molecular formula is C41H54O4. The van der Waals surface area contributed by atoms with Crippen molar-refractivity contribution in [3.63, 3.8) is 0 Å². The van der Waals surface area contributed by atoms with Crippen LogP contribution in [0.3, 0.4) is 0 Å². The van der Waals surface area contributed by atoms with E-state index >= 15 is 0 Å². The Balaban J connectivity index is 1.28. The van der Waals surface area contributed by atoms with Crippen LogP contribution in [-0.4, -0.2) is 24.1 Å². The van der Waals surface area contributed by atoms with Gasteiger partial charge in [-0.25, -0.2) is 9.59 Å². The van der Waals surface area contributed by atoms with Gasteiger partial charge in [-0.1, -0.05) is 95.9 Å². The van der Waals surface area contributed by atoms with Crippen molar-refractivity contribution in [1.29, 1.82) is 0 Å². The zero-order valence-corrected chi connectivity index (χ0v) is 28.2. The zero-order valence-electron chi connectivity index (χ0n) is 28.2. The van der Waals surface area contributed by atoms with E-state index in [0.717, 1.165) is 37.0 Å². The van der Waals surface area contributed by atoms with Crippen LogP contribution in [0.4, 0.5) is 0 Å². The van der Waals surface area contributed by atoms with E-state index in [2.05, 4.69) is 40.7 Å². The van der Waals surface area contributed by atoms with Gasteiger partial charge in [-0.3, -0.25) is 0 Å². The van der Waals surface area contributed by atoms with E-state index in [1.54, 1.807) is 0 Å². The average Bonchev–Trinajstić information content (AvgIpc) is 3.39. The highest BCUT2D eigenvalue weighted by atomic mass is 16.5. The highest BCUT2D eigenvalue weighted by Crippen LogP contribution is 2.67. The second-order valence-electron chi connectivity index (χ2n) is 15.8. The summed E-state index contributed by atoms with van der Waals surface area (Å²) in [4.78, 5) is 26.6. The van der Waals surface area contributed by atoms with E-state index in [1.165, 1.54) is 50.5 Å². The Morgan fingerprint density at radius 2 is 1.42 bits per heavy atom. The summed E-state index contributed by atoms with van der Waals surface area (Å²) in [6.45, 7) is 12.2. The quantitative estimate of drug-likeness (QED) is 0.209. The van der Waals surface area contributed by atoms with Gasteiger partial charge in [0.05, 0.1) is 11.1 Å². The van der Waals surface area contributed by atoms with Crippen molar-refractivity contribution < 1.29 is 19.1 Å². The molecule has 6 rings (SSSR count). The number of carbonyl (C=O) groups is 2. The molecular weight excluding hydrogens is 556 g/mol. The molecule has 0 spiro atoms. The lowest BCUT2D eigenvalue weighted by Crippen LogP contribution is -2.55. The van der Waals surface area contributed by atoms with Crippen molar-refractivity contribution in [2.45, 2.75) is 111 Å². The average molecular weight is 611 g/mol. The molecule has 0 N–H and O–H groups in total. The van der Waals surface area contributed by atoms with Crippen LogP contribution >= 0.6 is 0 Å². The fourth-order valence-corrected chi connectivity index (χ4v) is 10.4. The first kappa shape index (κ1) is 32.1. The molecule has 4 aliphatic rings. The number of carbonyl (C=O) groups excluding carboxylic acids is 2. The minimum Gasteiger partial charge on any atom is -0.458 e. The van der Waals surface area contributed by atoms with Gasteiger partial charge in [0.2, 0.25) is 0 Å². The van der Waals surface area contributed by atoms with Crippen LogP contribution in [-0.2, 0) is 9.47 Å². The van der Waals surface area contributed by atoms with E-state index in [0.29, 0.717) is 28.9 Å². The number of ether oxygens (including phenoxy) is 2. The van der Waals surface area contributed by atoms with Crippen LogP contribution in [0.2, 0.25) is 0 Å². The number of fused-ring (bicyclic) bond motifs is 5. The summed E-state index contributed by atoms with van der Waals surface area (Å²) in [5.74, 6) is 3.07. The van der Waals surface area contributed by atoms with Crippen molar-refractivity contribution in [2.24, 2.45) is 46.3 Å². The summed E-state index contributed by atoms with van der Waals surface area (Å²) in [7, 11) is 0. The minimum absolute atomic E-state index is 0.0400. The van der Waals surface area contributed by atoms with Crippen LogP contribution in [0.25, 0.3) is 0 Å². The molecule has 9 atom stereocenters. The standard InChI is InChI=1S/C41H54O4/c1-27(2)13-12-14-28(3)33-19-20-34-37-35(22-24-41(33,34)5)40(4)23-21-32(44-38(42)29-15-8-6-9-16-29)25-31(40)26-36(37)45-39(43)30-17-10-7-11-18-30/h6-11,15-18,26-28,32-37H,12-14,19-25H2,1-5H3/t28-,32+,33+,34-,35-,36-,37-,40+,41+/m1/s1. The molecule has 4 aliphatic carbocycles. The van der Waals surface area contributed by atoms with Gasteiger partial charge >= 0.3 is 11.9 Å². The molecule has 3 fully saturated rings. The topological polar surface area (TPSA) is 52.6 Å². The third-order valence-electron chi connectivity index (χ3n) is 12.8. The van der Waals surface area contributed by atoms with Crippen molar-refractivity contribution in [2.75, 3.05) is 0 Å². The maximum Gasteiger partial charge on any atom is 0.338 e. The molecule has 0 aliphatic heterocycles. The lowest BCUT2D eigenvalue weighted by molar-refractivity contribution is -0.102. The van der Waals surface area contributed by atoms with Crippen LogP contribution in [0.5, 0.6) is 0 Å². The Labute approximate surface area is 271 Å². The molecule has 242 valence electrons. The molecule has 0 unspecified atom stereocenters. The largest absolute Gasteiger partial charge is 0.458 e. The smallest absolute Gasteiger partial charge is 0.338 e. The summed E-state index contributed by atoms with van der Waals surface area (Å²) in [5.41, 5.74) is 2.85. The number of benzene rings is 2. The highest BCUT2D eigenvalue weighted by Gasteiger charge is 2.62. The Bertz CT molecular complexity index is 1360. The predicted octanol–water partition coefficient (Wildman–Crippen LogP) is 10.1. The normalized spacial score (nSPS) is 34.6. The molecule has 2 aromatic rings. The number of rotatable bonds is 9. The van der Waals surface area contributed by atoms with Gasteiger partial charge in [-0.2, -0.15) is 0 Å². The van der Waals surface area contributed by atoms with Crippen LogP contribution in [0.1, 0.15) is 120 Å². The fourth-order valence-electron chi connectivity index (χ4n) is 10.4. The number of hydrogen-bond acceptors (Lipinski definition) is 4. The van der Waals surface area contributed by atoms with Crippen LogP contribution < -0.4 is 0 Å². The number of esters is 2. The molecule has 4 nitrogen and oxygen atoms in total. The molecule has 0 heterocycles. The predicted molar refractivity (Wildman–Crippen MR) is 180 cm³/mol. The number of hydrogen-bond donors (Lipinski definition) is 0. The van der Waals surface area contributed by atoms with Crippen molar-refractivity contribution >= 4 is 11.9 Å². The van der Waals surface area contributed by atoms with Gasteiger partial charge in [-0.05, 0) is 109 Å². The monoisotopic (exact) mass is 610 g/mol. The maximum absolute atomic E-state index is 13.6. The first-order valence-electron chi connectivity index (χ1n) is 17.8. The second kappa shape index (κ2) is 13.1. The van der Waals surface area contributed by atoms with Crippen LogP contribution in [0.15, 0.2) is 72.3 Å². The SMILES string of the molecule is CC(C)CCC[C@@H](C)[C@@H]1CC[C@@H]2[C@@H]3[C@@H](CC[C@]21C)[C@@]1(C)CC[C@H](OC(=O)c2ccccc2)CC1=C[C@H]3OC(=O)c1ccccc1. The molecule has 0 aromatic heterocycles. The summed E-state index contributed by atoms with van der Waals surface area (Å²) in [6.07, 6.45) is 13.4. The third kappa shape index (κ3) is 6.28. The van der Waals surface area contributed by atoms with E-state index in [1.807, 2.05) is 60.7 Å². The van der Waals surface area contributed by atoms with Gasteiger partial charge in [0, 0.05) is 12.3 Å². The molecule has 4 heteroatoms.